The minimum absolute atomic E-state index is 0.824. The van der Waals surface area contributed by atoms with Crippen LogP contribution >= 0.6 is 0 Å². The average Bonchev–Trinajstić information content (AvgIpc) is 2.69. The lowest BCUT2D eigenvalue weighted by atomic mass is 9.94. The van der Waals surface area contributed by atoms with Crippen molar-refractivity contribution in [2.45, 2.75) is 26.9 Å². The van der Waals surface area contributed by atoms with Crippen LogP contribution < -0.4 is 5.32 Å². The molecular formula is C25H24N2. The van der Waals surface area contributed by atoms with E-state index in [1.165, 1.54) is 44.2 Å². The lowest BCUT2D eigenvalue weighted by Crippen LogP contribution is -2.13. The van der Waals surface area contributed by atoms with E-state index in [-0.39, 0.29) is 0 Å². The van der Waals surface area contributed by atoms with Crippen LogP contribution in [0.3, 0.4) is 0 Å². The Balaban J connectivity index is 1.63. The first-order chi connectivity index (χ1) is 13.2. The second-order valence-corrected chi connectivity index (χ2v) is 7.10. The van der Waals surface area contributed by atoms with Gasteiger partial charge >= 0.3 is 0 Å². The second kappa shape index (κ2) is 7.73. The van der Waals surface area contributed by atoms with Gasteiger partial charge in [0.05, 0.1) is 0 Å². The van der Waals surface area contributed by atoms with Gasteiger partial charge in [-0.2, -0.15) is 0 Å². The van der Waals surface area contributed by atoms with Gasteiger partial charge in [0, 0.05) is 30.9 Å². The normalized spacial score (nSPS) is 11.0. The average molecular weight is 352 g/mol. The first-order valence-electron chi connectivity index (χ1n) is 9.40. The number of hydrogen-bond acceptors (Lipinski definition) is 2. The van der Waals surface area contributed by atoms with Crippen LogP contribution in [0.25, 0.3) is 21.9 Å². The SMILES string of the molecule is Cc1cccc(CNCc2ccc(-c3ccccc3C)c3ccncc23)c1. The lowest BCUT2D eigenvalue weighted by molar-refractivity contribution is 0.696. The van der Waals surface area contributed by atoms with Gasteiger partial charge in [-0.15, -0.1) is 0 Å². The van der Waals surface area contributed by atoms with E-state index in [1.807, 2.05) is 12.4 Å². The molecule has 2 nitrogen and oxygen atoms in total. The summed E-state index contributed by atoms with van der Waals surface area (Å²) in [5.41, 5.74) is 7.74. The molecule has 0 saturated carbocycles. The summed E-state index contributed by atoms with van der Waals surface area (Å²) in [5.74, 6) is 0. The van der Waals surface area contributed by atoms with E-state index in [0.29, 0.717) is 0 Å². The van der Waals surface area contributed by atoms with Crippen molar-refractivity contribution in [3.63, 3.8) is 0 Å². The number of hydrogen-bond donors (Lipinski definition) is 1. The molecule has 0 fully saturated rings. The Hall–Kier alpha value is -2.97. The minimum atomic E-state index is 0.824. The molecule has 0 unspecified atom stereocenters. The van der Waals surface area contributed by atoms with Crippen LogP contribution in [0, 0.1) is 13.8 Å². The largest absolute Gasteiger partial charge is 0.309 e. The van der Waals surface area contributed by atoms with Crippen molar-refractivity contribution in [1.82, 2.24) is 10.3 Å². The zero-order valence-electron chi connectivity index (χ0n) is 15.9. The molecule has 2 heteroatoms. The van der Waals surface area contributed by atoms with E-state index < -0.39 is 0 Å². The van der Waals surface area contributed by atoms with Gasteiger partial charge < -0.3 is 5.32 Å². The Morgan fingerprint density at radius 3 is 2.52 bits per heavy atom. The number of fused-ring (bicyclic) bond motifs is 1. The van der Waals surface area contributed by atoms with Crippen LogP contribution in [-0.4, -0.2) is 4.98 Å². The van der Waals surface area contributed by atoms with Crippen molar-refractivity contribution >= 4 is 10.8 Å². The van der Waals surface area contributed by atoms with Crippen LogP contribution in [0.2, 0.25) is 0 Å². The lowest BCUT2D eigenvalue weighted by Gasteiger charge is -2.14. The third-order valence-electron chi connectivity index (χ3n) is 5.07. The van der Waals surface area contributed by atoms with Gasteiger partial charge in [-0.05, 0) is 53.1 Å². The summed E-state index contributed by atoms with van der Waals surface area (Å²) in [4.78, 5) is 4.38. The number of nitrogens with zero attached hydrogens (tertiary/aromatic N) is 1. The molecule has 4 rings (SSSR count). The molecule has 1 heterocycles. The van der Waals surface area contributed by atoms with Crippen LogP contribution in [0.4, 0.5) is 0 Å². The van der Waals surface area contributed by atoms with Crippen molar-refractivity contribution in [2.75, 3.05) is 0 Å². The molecule has 1 aromatic heterocycles. The van der Waals surface area contributed by atoms with E-state index in [9.17, 15) is 0 Å². The highest BCUT2D eigenvalue weighted by molar-refractivity contribution is 5.98. The van der Waals surface area contributed by atoms with Crippen LogP contribution in [-0.2, 0) is 13.1 Å². The number of rotatable bonds is 5. The molecule has 1 N–H and O–H groups in total. The first kappa shape index (κ1) is 17.4. The molecule has 0 aliphatic heterocycles. The number of pyridine rings is 1. The van der Waals surface area contributed by atoms with E-state index in [4.69, 9.17) is 0 Å². The van der Waals surface area contributed by atoms with Gasteiger partial charge in [-0.1, -0.05) is 66.2 Å². The molecule has 0 aliphatic carbocycles. The molecule has 27 heavy (non-hydrogen) atoms. The maximum absolute atomic E-state index is 4.38. The molecule has 134 valence electrons. The molecule has 0 atom stereocenters. The smallest absolute Gasteiger partial charge is 0.0349 e. The van der Waals surface area contributed by atoms with Crippen molar-refractivity contribution in [3.8, 4) is 11.1 Å². The fraction of sp³-hybridized carbons (Fsp3) is 0.160. The molecule has 3 aromatic carbocycles. The third-order valence-corrected chi connectivity index (χ3v) is 5.07. The second-order valence-electron chi connectivity index (χ2n) is 7.10. The molecule has 0 saturated heterocycles. The Kier molecular flexibility index (Phi) is 4.99. The summed E-state index contributed by atoms with van der Waals surface area (Å²) in [6.45, 7) is 5.99. The molecule has 0 radical (unpaired) electrons. The summed E-state index contributed by atoms with van der Waals surface area (Å²) < 4.78 is 0. The van der Waals surface area contributed by atoms with Crippen molar-refractivity contribution in [3.05, 3.63) is 101 Å². The highest BCUT2D eigenvalue weighted by Gasteiger charge is 2.09. The monoisotopic (exact) mass is 352 g/mol. The van der Waals surface area contributed by atoms with Gasteiger partial charge in [-0.3, -0.25) is 4.98 Å². The van der Waals surface area contributed by atoms with Gasteiger partial charge in [-0.25, -0.2) is 0 Å². The van der Waals surface area contributed by atoms with E-state index in [1.54, 1.807) is 0 Å². The number of benzene rings is 3. The Labute approximate surface area is 160 Å². The van der Waals surface area contributed by atoms with Crippen LogP contribution in [0.15, 0.2) is 79.1 Å². The Morgan fingerprint density at radius 2 is 1.67 bits per heavy atom. The third kappa shape index (κ3) is 3.76. The molecular weight excluding hydrogens is 328 g/mol. The summed E-state index contributed by atoms with van der Waals surface area (Å²) in [5, 5.41) is 6.06. The highest BCUT2D eigenvalue weighted by atomic mass is 14.8. The Morgan fingerprint density at radius 1 is 0.778 bits per heavy atom. The number of aromatic nitrogens is 1. The van der Waals surface area contributed by atoms with E-state index in [0.717, 1.165) is 13.1 Å². The van der Waals surface area contributed by atoms with Gasteiger partial charge in [0.15, 0.2) is 0 Å². The molecule has 0 bridgehead atoms. The predicted octanol–water partition coefficient (Wildman–Crippen LogP) is 5.81. The molecule has 0 spiro atoms. The van der Waals surface area contributed by atoms with E-state index >= 15 is 0 Å². The summed E-state index contributed by atoms with van der Waals surface area (Å²) in [6, 6.07) is 23.8. The van der Waals surface area contributed by atoms with E-state index in [2.05, 4.69) is 90.9 Å². The van der Waals surface area contributed by atoms with Crippen molar-refractivity contribution < 1.29 is 0 Å². The first-order valence-corrected chi connectivity index (χ1v) is 9.40. The molecule has 0 amide bonds. The maximum Gasteiger partial charge on any atom is 0.0349 e. The predicted molar refractivity (Wildman–Crippen MR) is 114 cm³/mol. The van der Waals surface area contributed by atoms with Crippen LogP contribution in [0.1, 0.15) is 22.3 Å². The fourth-order valence-corrected chi connectivity index (χ4v) is 3.68. The topological polar surface area (TPSA) is 24.9 Å². The van der Waals surface area contributed by atoms with Crippen molar-refractivity contribution in [2.24, 2.45) is 0 Å². The van der Waals surface area contributed by atoms with Gasteiger partial charge in [0.1, 0.15) is 0 Å². The number of nitrogens with one attached hydrogen (secondary N) is 1. The standard InChI is InChI=1S/C25H24N2/c1-18-6-5-8-20(14-18)15-27-16-21-10-11-23(22-9-4-3-7-19(22)2)24-12-13-26-17-25(21)24/h3-14,17,27H,15-16H2,1-2H3. The van der Waals surface area contributed by atoms with Crippen LogP contribution in [0.5, 0.6) is 0 Å². The molecule has 0 aliphatic rings. The highest BCUT2D eigenvalue weighted by Crippen LogP contribution is 2.32. The van der Waals surface area contributed by atoms with Gasteiger partial charge in [0.25, 0.3) is 0 Å². The maximum atomic E-state index is 4.38. The molecule has 4 aromatic rings. The zero-order chi connectivity index (χ0) is 18.6. The Bertz CT molecular complexity index is 1080. The van der Waals surface area contributed by atoms with Gasteiger partial charge in [0.2, 0.25) is 0 Å². The fourth-order valence-electron chi connectivity index (χ4n) is 3.68. The summed E-state index contributed by atoms with van der Waals surface area (Å²) in [6.07, 6.45) is 3.87. The van der Waals surface area contributed by atoms with Crippen molar-refractivity contribution in [1.29, 1.82) is 0 Å². The quantitative estimate of drug-likeness (QED) is 0.490. The summed E-state index contributed by atoms with van der Waals surface area (Å²) >= 11 is 0. The number of aryl methyl sites for hydroxylation is 2. The zero-order valence-corrected chi connectivity index (χ0v) is 15.9. The summed E-state index contributed by atoms with van der Waals surface area (Å²) in [7, 11) is 0. The minimum Gasteiger partial charge on any atom is -0.309 e.